The number of carbonyl (C=O) groups is 2. The third-order valence-electron chi connectivity index (χ3n) is 3.77. The maximum Gasteiger partial charge on any atom is 0.415 e. The van der Waals surface area contributed by atoms with Crippen LogP contribution < -0.4 is 15.4 Å². The first-order chi connectivity index (χ1) is 13.2. The van der Waals surface area contributed by atoms with Gasteiger partial charge in [-0.25, -0.2) is 4.79 Å². The fourth-order valence-electron chi connectivity index (χ4n) is 2.47. The lowest BCUT2D eigenvalue weighted by Gasteiger charge is -2.31. The molecule has 2 rings (SSSR count). The van der Waals surface area contributed by atoms with E-state index < -0.39 is 30.3 Å². The Labute approximate surface area is 164 Å². The van der Waals surface area contributed by atoms with Gasteiger partial charge in [-0.05, 0) is 50.6 Å². The molecule has 2 amide bonds. The van der Waals surface area contributed by atoms with Gasteiger partial charge in [0.05, 0.1) is 6.61 Å². The van der Waals surface area contributed by atoms with Crippen molar-refractivity contribution in [1.29, 1.82) is 0 Å². The van der Waals surface area contributed by atoms with Gasteiger partial charge in [0.15, 0.2) is 0 Å². The van der Waals surface area contributed by atoms with Gasteiger partial charge in [0.25, 0.3) is 0 Å². The van der Waals surface area contributed by atoms with Gasteiger partial charge in [-0.1, -0.05) is 30.3 Å². The average molecular weight is 386 g/mol. The molecule has 28 heavy (non-hydrogen) atoms. The summed E-state index contributed by atoms with van der Waals surface area (Å²) in [6.45, 7) is 4.91. The predicted octanol–water partition coefficient (Wildman–Crippen LogP) is 2.85. The second kappa shape index (κ2) is 9.23. The first-order valence-electron chi connectivity index (χ1n) is 8.90. The minimum Gasteiger partial charge on any atom is -0.489 e. The van der Waals surface area contributed by atoms with Crippen molar-refractivity contribution in [1.82, 2.24) is 0 Å². The molecule has 0 bridgehead atoms. The molecule has 2 aromatic carbocycles. The van der Waals surface area contributed by atoms with Crippen molar-refractivity contribution in [2.24, 2.45) is 5.73 Å². The van der Waals surface area contributed by atoms with Crippen LogP contribution in [0, 0.1) is 0 Å². The highest BCUT2D eigenvalue weighted by Gasteiger charge is 2.32. The van der Waals surface area contributed by atoms with Crippen LogP contribution in [-0.4, -0.2) is 35.4 Å². The highest BCUT2D eigenvalue weighted by atomic mass is 16.6. The third kappa shape index (κ3) is 5.99. The first-order valence-corrected chi connectivity index (χ1v) is 8.90. The second-order valence-electron chi connectivity index (χ2n) is 7.22. The van der Waals surface area contributed by atoms with Gasteiger partial charge < -0.3 is 20.3 Å². The van der Waals surface area contributed by atoms with E-state index in [-0.39, 0.29) is 0 Å². The maximum atomic E-state index is 12.6. The van der Waals surface area contributed by atoms with Crippen molar-refractivity contribution in [3.05, 3.63) is 60.2 Å². The van der Waals surface area contributed by atoms with E-state index in [2.05, 4.69) is 0 Å². The molecule has 7 nitrogen and oxygen atoms in total. The quantitative estimate of drug-likeness (QED) is 0.762. The second-order valence-corrected chi connectivity index (χ2v) is 7.22. The third-order valence-corrected chi connectivity index (χ3v) is 3.77. The summed E-state index contributed by atoms with van der Waals surface area (Å²) in [6.07, 6.45) is -0.775. The van der Waals surface area contributed by atoms with Gasteiger partial charge in [0.2, 0.25) is 5.91 Å². The first kappa shape index (κ1) is 21.2. The topological polar surface area (TPSA) is 102 Å². The molecule has 0 heterocycles. The summed E-state index contributed by atoms with van der Waals surface area (Å²) in [5.41, 5.74) is 5.97. The zero-order valence-electron chi connectivity index (χ0n) is 16.3. The lowest BCUT2D eigenvalue weighted by Crippen LogP contribution is -2.51. The number of benzene rings is 2. The molecule has 0 aliphatic heterocycles. The molecule has 0 unspecified atom stereocenters. The lowest BCUT2D eigenvalue weighted by atomic mass is 10.2. The molecular formula is C21H26N2O5. The van der Waals surface area contributed by atoms with E-state index in [4.69, 9.17) is 15.2 Å². The number of rotatable bonds is 7. The molecule has 3 N–H and O–H groups in total. The van der Waals surface area contributed by atoms with Crippen molar-refractivity contribution >= 4 is 17.7 Å². The Morgan fingerprint density at radius 1 is 1.07 bits per heavy atom. The zero-order valence-corrected chi connectivity index (χ0v) is 16.3. The fraction of sp³-hybridized carbons (Fsp3) is 0.333. The molecule has 0 aliphatic carbocycles. The molecule has 0 aliphatic rings. The number of hydrogen-bond donors (Lipinski definition) is 2. The Morgan fingerprint density at radius 3 is 2.18 bits per heavy atom. The van der Waals surface area contributed by atoms with Crippen LogP contribution in [0.4, 0.5) is 10.5 Å². The van der Waals surface area contributed by atoms with Crippen LogP contribution in [0.1, 0.15) is 26.3 Å². The van der Waals surface area contributed by atoms with E-state index in [1.165, 1.54) is 0 Å². The summed E-state index contributed by atoms with van der Waals surface area (Å²) in [5, 5.41) is 9.57. The van der Waals surface area contributed by atoms with Crippen molar-refractivity contribution in [3.63, 3.8) is 0 Å². The number of nitrogens with zero attached hydrogens (tertiary/aromatic N) is 1. The Morgan fingerprint density at radius 2 is 1.68 bits per heavy atom. The molecule has 7 heteroatoms. The summed E-state index contributed by atoms with van der Waals surface area (Å²) in [6, 6.07) is 15.0. The molecular weight excluding hydrogens is 360 g/mol. The van der Waals surface area contributed by atoms with E-state index in [1.54, 1.807) is 45.0 Å². The number of aliphatic hydroxyl groups excluding tert-OH is 1. The highest BCUT2D eigenvalue weighted by molar-refractivity contribution is 5.97. The standard InChI is InChI=1S/C21H26N2O5/c1-21(2,3)28-20(26)23(18(13-24)19(22)25)16-9-11-17(12-10-16)27-14-15-7-5-4-6-8-15/h4-12,18,24H,13-14H2,1-3H3,(H2,22,25)/t18-/m0/s1. The number of carbonyl (C=O) groups excluding carboxylic acids is 2. The van der Waals surface area contributed by atoms with Crippen LogP contribution >= 0.6 is 0 Å². The van der Waals surface area contributed by atoms with Gasteiger partial charge in [-0.15, -0.1) is 0 Å². The summed E-state index contributed by atoms with van der Waals surface area (Å²) in [4.78, 5) is 25.4. The lowest BCUT2D eigenvalue weighted by molar-refractivity contribution is -0.120. The van der Waals surface area contributed by atoms with Gasteiger partial charge in [0, 0.05) is 5.69 Å². The molecule has 150 valence electrons. The Hall–Kier alpha value is -3.06. The number of aliphatic hydroxyl groups is 1. The number of anilines is 1. The highest BCUT2D eigenvalue weighted by Crippen LogP contribution is 2.24. The summed E-state index contributed by atoms with van der Waals surface area (Å²) < 4.78 is 11.1. The minimum absolute atomic E-state index is 0.360. The average Bonchev–Trinajstić information content (AvgIpc) is 2.64. The van der Waals surface area contributed by atoms with Crippen molar-refractivity contribution in [2.45, 2.75) is 39.0 Å². The fourth-order valence-corrected chi connectivity index (χ4v) is 2.47. The number of ether oxygens (including phenoxy) is 2. The van der Waals surface area contributed by atoms with E-state index >= 15 is 0 Å². The Bertz CT molecular complexity index is 785. The van der Waals surface area contributed by atoms with E-state index in [0.717, 1.165) is 10.5 Å². The van der Waals surface area contributed by atoms with Crippen LogP contribution in [0.2, 0.25) is 0 Å². The molecule has 0 fully saturated rings. The molecule has 0 aromatic heterocycles. The van der Waals surface area contributed by atoms with Gasteiger partial charge >= 0.3 is 6.09 Å². The van der Waals surface area contributed by atoms with Gasteiger partial charge in [0.1, 0.15) is 24.0 Å². The molecule has 1 atom stereocenters. The summed E-state index contributed by atoms with van der Waals surface area (Å²) in [7, 11) is 0. The zero-order chi connectivity index (χ0) is 20.7. The van der Waals surface area contributed by atoms with Crippen molar-refractivity contribution < 1.29 is 24.2 Å². The van der Waals surface area contributed by atoms with Crippen LogP contribution in [0.5, 0.6) is 5.75 Å². The Balaban J connectivity index is 2.20. The van der Waals surface area contributed by atoms with Crippen molar-refractivity contribution in [3.8, 4) is 5.75 Å². The summed E-state index contributed by atoms with van der Waals surface area (Å²) >= 11 is 0. The smallest absolute Gasteiger partial charge is 0.415 e. The van der Waals surface area contributed by atoms with Crippen LogP contribution in [0.15, 0.2) is 54.6 Å². The molecule has 0 spiro atoms. The van der Waals surface area contributed by atoms with E-state index in [9.17, 15) is 14.7 Å². The number of hydrogen-bond acceptors (Lipinski definition) is 5. The van der Waals surface area contributed by atoms with Crippen molar-refractivity contribution in [2.75, 3.05) is 11.5 Å². The monoisotopic (exact) mass is 386 g/mol. The van der Waals surface area contributed by atoms with Crippen LogP contribution in [-0.2, 0) is 16.1 Å². The molecule has 0 radical (unpaired) electrons. The minimum atomic E-state index is -1.24. The molecule has 0 saturated carbocycles. The van der Waals surface area contributed by atoms with Crippen LogP contribution in [0.25, 0.3) is 0 Å². The number of nitrogens with two attached hydrogens (primary N) is 1. The summed E-state index contributed by atoms with van der Waals surface area (Å²) in [5.74, 6) is -0.242. The van der Waals surface area contributed by atoms with E-state index in [0.29, 0.717) is 18.0 Å². The largest absolute Gasteiger partial charge is 0.489 e. The van der Waals surface area contributed by atoms with Gasteiger partial charge in [-0.3, -0.25) is 9.69 Å². The predicted molar refractivity (Wildman–Crippen MR) is 106 cm³/mol. The molecule has 0 saturated heterocycles. The molecule has 2 aromatic rings. The normalized spacial score (nSPS) is 12.1. The number of primary amides is 1. The van der Waals surface area contributed by atoms with E-state index in [1.807, 2.05) is 30.3 Å². The maximum absolute atomic E-state index is 12.6. The number of amides is 2. The van der Waals surface area contributed by atoms with Crippen LogP contribution in [0.3, 0.4) is 0 Å². The SMILES string of the molecule is CC(C)(C)OC(=O)N(c1ccc(OCc2ccccc2)cc1)[C@@H](CO)C(N)=O. The van der Waals surface area contributed by atoms with Gasteiger partial charge in [-0.2, -0.15) is 0 Å². The Kier molecular flexibility index (Phi) is 7.00.